The monoisotopic (exact) mass is 332 g/mol. The van der Waals surface area contributed by atoms with Crippen LogP contribution in [0.5, 0.6) is 0 Å². The number of halogens is 11. The SMILES string of the molecule is OC(O)C(F)(OC(F)(F)C(F)(F)C(F)(F)F)C(F)(F)F. The number of alkyl halides is 11. The average molecular weight is 332 g/mol. The molecule has 122 valence electrons. The molecule has 0 amide bonds. The molecule has 0 radical (unpaired) electrons. The molecule has 1 unspecified atom stereocenters. The highest BCUT2D eigenvalue weighted by atomic mass is 19.4. The van der Waals surface area contributed by atoms with Crippen molar-refractivity contribution in [1.29, 1.82) is 0 Å². The minimum absolute atomic E-state index is 1.75. The highest BCUT2D eigenvalue weighted by molar-refractivity contribution is 4.90. The van der Waals surface area contributed by atoms with Crippen LogP contribution in [0.15, 0.2) is 0 Å². The van der Waals surface area contributed by atoms with Crippen molar-refractivity contribution in [3.63, 3.8) is 0 Å². The summed E-state index contributed by atoms with van der Waals surface area (Å²) < 4.78 is 134. The lowest BCUT2D eigenvalue weighted by Crippen LogP contribution is -2.62. The second-order valence-corrected chi connectivity index (χ2v) is 3.21. The summed E-state index contributed by atoms with van der Waals surface area (Å²) in [5.74, 6) is -13.5. The number of hydrogen-bond donors (Lipinski definition) is 2. The van der Waals surface area contributed by atoms with E-state index in [2.05, 4.69) is 0 Å². The lowest BCUT2D eigenvalue weighted by Gasteiger charge is -2.35. The zero-order chi connectivity index (χ0) is 16.8. The average Bonchev–Trinajstić information content (AvgIpc) is 2.12. The number of aliphatic hydroxyl groups is 2. The van der Waals surface area contributed by atoms with E-state index in [1.807, 2.05) is 0 Å². The molecule has 0 spiro atoms. The first-order valence-electron chi connectivity index (χ1n) is 4.04. The van der Waals surface area contributed by atoms with Gasteiger partial charge in [-0.3, -0.25) is 4.74 Å². The molecular formula is C6H3F11O3. The second-order valence-electron chi connectivity index (χ2n) is 3.21. The van der Waals surface area contributed by atoms with E-state index >= 15 is 0 Å². The van der Waals surface area contributed by atoms with E-state index in [9.17, 15) is 48.3 Å². The van der Waals surface area contributed by atoms with Gasteiger partial charge < -0.3 is 10.2 Å². The molecule has 0 aliphatic rings. The molecule has 0 aliphatic heterocycles. The van der Waals surface area contributed by atoms with Crippen LogP contribution in [-0.4, -0.2) is 46.7 Å². The lowest BCUT2D eigenvalue weighted by atomic mass is 10.2. The molecule has 14 heteroatoms. The Labute approximate surface area is 101 Å². The Bertz CT molecular complexity index is 345. The van der Waals surface area contributed by atoms with Crippen molar-refractivity contribution >= 4 is 0 Å². The fraction of sp³-hybridized carbons (Fsp3) is 1.00. The maximum atomic E-state index is 12.8. The van der Waals surface area contributed by atoms with Crippen molar-refractivity contribution in [2.24, 2.45) is 0 Å². The first-order valence-corrected chi connectivity index (χ1v) is 4.04. The first kappa shape index (κ1) is 19.1. The third-order valence-electron chi connectivity index (χ3n) is 1.72. The van der Waals surface area contributed by atoms with Crippen LogP contribution in [0, 0.1) is 0 Å². The predicted octanol–water partition coefficient (Wildman–Crippen LogP) is 2.33. The van der Waals surface area contributed by atoms with Crippen molar-refractivity contribution in [3.8, 4) is 0 Å². The van der Waals surface area contributed by atoms with Crippen LogP contribution in [0.3, 0.4) is 0 Å². The van der Waals surface area contributed by atoms with Crippen molar-refractivity contribution in [2.45, 2.75) is 36.5 Å². The summed E-state index contributed by atoms with van der Waals surface area (Å²) in [6, 6.07) is 0. The second kappa shape index (κ2) is 4.84. The Hall–Kier alpha value is -0.890. The molecule has 0 heterocycles. The van der Waals surface area contributed by atoms with Crippen LogP contribution in [-0.2, 0) is 4.74 Å². The van der Waals surface area contributed by atoms with Crippen LogP contribution in [0.2, 0.25) is 0 Å². The topological polar surface area (TPSA) is 49.7 Å². The summed E-state index contributed by atoms with van der Waals surface area (Å²) in [5, 5.41) is 15.8. The van der Waals surface area contributed by atoms with Gasteiger partial charge >= 0.3 is 30.2 Å². The molecule has 0 saturated heterocycles. The minimum atomic E-state index is -7.22. The number of aliphatic hydroxyl groups excluding tert-OH is 1. The molecule has 0 aromatic carbocycles. The number of hydrogen-bond acceptors (Lipinski definition) is 3. The summed E-state index contributed by atoms with van der Waals surface area (Å²) in [7, 11) is 0. The Kier molecular flexibility index (Phi) is 4.62. The van der Waals surface area contributed by atoms with Gasteiger partial charge in [-0.25, -0.2) is 0 Å². The van der Waals surface area contributed by atoms with Crippen molar-refractivity contribution in [3.05, 3.63) is 0 Å². The van der Waals surface area contributed by atoms with Gasteiger partial charge in [0.05, 0.1) is 0 Å². The standard InChI is InChI=1S/C6H3F11O3/c7-2(1(18)19,4(10,11)12)20-6(16,17)3(8,9)5(13,14)15/h1,18-19H. The smallest absolute Gasteiger partial charge is 0.363 e. The van der Waals surface area contributed by atoms with E-state index < -0.39 is 36.5 Å². The van der Waals surface area contributed by atoms with Gasteiger partial charge in [-0.2, -0.15) is 48.3 Å². The highest BCUT2D eigenvalue weighted by Crippen LogP contribution is 2.51. The molecule has 0 aromatic rings. The van der Waals surface area contributed by atoms with E-state index in [0.29, 0.717) is 0 Å². The van der Waals surface area contributed by atoms with Crippen molar-refractivity contribution in [1.82, 2.24) is 0 Å². The van der Waals surface area contributed by atoms with Gasteiger partial charge in [0.2, 0.25) is 6.29 Å². The summed E-state index contributed by atoms with van der Waals surface area (Å²) in [6.07, 6.45) is -25.4. The first-order chi connectivity index (χ1) is 8.40. The van der Waals surface area contributed by atoms with Gasteiger partial charge in [-0.15, -0.1) is 0 Å². The molecule has 0 fully saturated rings. The molecule has 0 bridgehead atoms. The minimum Gasteiger partial charge on any atom is -0.363 e. The summed E-state index contributed by atoms with van der Waals surface area (Å²) >= 11 is 0. The third-order valence-corrected chi connectivity index (χ3v) is 1.72. The van der Waals surface area contributed by atoms with Crippen molar-refractivity contribution < 1.29 is 63.2 Å². The number of rotatable bonds is 4. The Morgan fingerprint density at radius 2 is 1.00 bits per heavy atom. The van der Waals surface area contributed by atoms with Crippen molar-refractivity contribution in [2.75, 3.05) is 0 Å². The van der Waals surface area contributed by atoms with Gasteiger partial charge in [-0.05, 0) is 0 Å². The molecule has 0 aliphatic carbocycles. The maximum Gasteiger partial charge on any atom is 0.462 e. The molecular weight excluding hydrogens is 329 g/mol. The molecule has 0 rings (SSSR count). The summed E-state index contributed by atoms with van der Waals surface area (Å²) in [6.45, 7) is 0. The largest absolute Gasteiger partial charge is 0.462 e. The van der Waals surface area contributed by atoms with Gasteiger partial charge in [0.25, 0.3) is 0 Å². The Morgan fingerprint density at radius 3 is 1.20 bits per heavy atom. The Morgan fingerprint density at radius 1 is 0.650 bits per heavy atom. The molecule has 20 heavy (non-hydrogen) atoms. The van der Waals surface area contributed by atoms with Gasteiger partial charge in [0.15, 0.2) is 0 Å². The predicted molar refractivity (Wildman–Crippen MR) is 35.2 cm³/mol. The van der Waals surface area contributed by atoms with Crippen LogP contribution in [0.1, 0.15) is 0 Å². The fourth-order valence-corrected chi connectivity index (χ4v) is 0.673. The molecule has 0 saturated carbocycles. The third kappa shape index (κ3) is 3.06. The van der Waals surface area contributed by atoms with Gasteiger partial charge in [0.1, 0.15) is 0 Å². The van der Waals surface area contributed by atoms with E-state index in [4.69, 9.17) is 10.2 Å². The zero-order valence-electron chi connectivity index (χ0n) is 8.54. The van der Waals surface area contributed by atoms with Crippen LogP contribution < -0.4 is 0 Å². The van der Waals surface area contributed by atoms with Crippen LogP contribution in [0.4, 0.5) is 48.3 Å². The fourth-order valence-electron chi connectivity index (χ4n) is 0.673. The Balaban J connectivity index is 5.67. The summed E-state index contributed by atoms with van der Waals surface area (Å²) in [5.41, 5.74) is 0. The van der Waals surface area contributed by atoms with E-state index in [1.165, 1.54) is 0 Å². The van der Waals surface area contributed by atoms with E-state index in [0.717, 1.165) is 0 Å². The maximum absolute atomic E-state index is 12.8. The van der Waals surface area contributed by atoms with Crippen LogP contribution >= 0.6 is 0 Å². The van der Waals surface area contributed by atoms with E-state index in [-0.39, 0.29) is 0 Å². The molecule has 2 N–H and O–H groups in total. The van der Waals surface area contributed by atoms with Gasteiger partial charge in [-0.1, -0.05) is 0 Å². The lowest BCUT2D eigenvalue weighted by molar-refractivity contribution is -0.504. The normalized spacial score (nSPS) is 18.3. The quantitative estimate of drug-likeness (QED) is 0.614. The summed E-state index contributed by atoms with van der Waals surface area (Å²) in [4.78, 5) is 0. The molecule has 1 atom stereocenters. The molecule has 3 nitrogen and oxygen atoms in total. The highest BCUT2D eigenvalue weighted by Gasteiger charge is 2.79. The van der Waals surface area contributed by atoms with Gasteiger partial charge in [0, 0.05) is 0 Å². The zero-order valence-corrected chi connectivity index (χ0v) is 8.54. The molecule has 0 aromatic heterocycles. The van der Waals surface area contributed by atoms with Crippen LogP contribution in [0.25, 0.3) is 0 Å². The van der Waals surface area contributed by atoms with E-state index in [1.54, 1.807) is 4.74 Å². The number of ether oxygens (including phenoxy) is 1.